The number of esters is 1. The zero-order valence-corrected chi connectivity index (χ0v) is 10.3. The first kappa shape index (κ1) is 13.5. The third-order valence-electron chi connectivity index (χ3n) is 2.43. The summed E-state index contributed by atoms with van der Waals surface area (Å²) in [5, 5.41) is 0.573. The van der Waals surface area contributed by atoms with E-state index in [2.05, 4.69) is 4.74 Å². The quantitative estimate of drug-likeness (QED) is 0.599. The molecule has 0 aliphatic heterocycles. The van der Waals surface area contributed by atoms with E-state index in [4.69, 9.17) is 16.3 Å². The summed E-state index contributed by atoms with van der Waals surface area (Å²) in [6, 6.07) is 6.75. The number of carbonyl (C=O) groups is 2. The van der Waals surface area contributed by atoms with Crippen LogP contribution >= 0.6 is 11.6 Å². The van der Waals surface area contributed by atoms with Gasteiger partial charge in [-0.15, -0.1) is 0 Å². The summed E-state index contributed by atoms with van der Waals surface area (Å²) >= 11 is 5.76. The predicted molar refractivity (Wildman–Crippen MR) is 62.5 cm³/mol. The van der Waals surface area contributed by atoms with Crippen LogP contribution in [0.15, 0.2) is 24.3 Å². The Morgan fingerprint density at radius 1 is 1.35 bits per heavy atom. The van der Waals surface area contributed by atoms with Crippen molar-refractivity contribution in [2.75, 3.05) is 7.11 Å². The van der Waals surface area contributed by atoms with E-state index in [9.17, 15) is 9.59 Å². The second-order valence-corrected chi connectivity index (χ2v) is 3.95. The number of hydrogen-bond donors (Lipinski definition) is 0. The number of rotatable bonds is 5. The van der Waals surface area contributed by atoms with Crippen molar-refractivity contribution in [2.24, 2.45) is 5.92 Å². The normalized spacial score (nSPS) is 13.6. The van der Waals surface area contributed by atoms with Crippen LogP contribution in [-0.2, 0) is 19.1 Å². The zero-order valence-electron chi connectivity index (χ0n) is 9.55. The molecule has 92 valence electrons. The Morgan fingerprint density at radius 2 is 1.94 bits per heavy atom. The smallest absolute Gasteiger partial charge is 0.312 e. The van der Waals surface area contributed by atoms with Gasteiger partial charge in [-0.05, 0) is 24.6 Å². The van der Waals surface area contributed by atoms with Crippen LogP contribution in [0, 0.1) is 5.92 Å². The Bertz CT molecular complexity index is 388. The lowest BCUT2D eigenvalue weighted by Gasteiger charge is -2.20. The number of halogens is 1. The largest absolute Gasteiger partial charge is 0.469 e. The SMILES string of the molecule is COC(=O)C(C)C(OC=O)c1ccc(Cl)cc1. The van der Waals surface area contributed by atoms with Gasteiger partial charge in [-0.3, -0.25) is 9.59 Å². The minimum absolute atomic E-state index is 0.318. The molecule has 0 heterocycles. The second kappa shape index (κ2) is 6.25. The molecule has 0 aliphatic rings. The molecule has 1 aromatic rings. The standard InChI is InChI=1S/C12H13ClO4/c1-8(12(15)16-2)11(17-7-14)9-3-5-10(13)6-4-9/h3-8,11H,1-2H3. The van der Waals surface area contributed by atoms with E-state index in [1.54, 1.807) is 31.2 Å². The summed E-state index contributed by atoms with van der Waals surface area (Å²) in [5.41, 5.74) is 0.694. The van der Waals surface area contributed by atoms with Gasteiger partial charge in [0, 0.05) is 5.02 Å². The molecule has 1 aromatic carbocycles. The van der Waals surface area contributed by atoms with Gasteiger partial charge < -0.3 is 9.47 Å². The van der Waals surface area contributed by atoms with E-state index >= 15 is 0 Å². The Balaban J connectivity index is 2.95. The van der Waals surface area contributed by atoms with Crippen molar-refractivity contribution in [2.45, 2.75) is 13.0 Å². The molecular weight excluding hydrogens is 244 g/mol. The van der Waals surface area contributed by atoms with Gasteiger partial charge in [0.1, 0.15) is 6.10 Å². The van der Waals surface area contributed by atoms with Crippen LogP contribution in [-0.4, -0.2) is 19.6 Å². The number of hydrogen-bond acceptors (Lipinski definition) is 4. The van der Waals surface area contributed by atoms with Gasteiger partial charge >= 0.3 is 5.97 Å². The molecule has 0 saturated carbocycles. The van der Waals surface area contributed by atoms with Gasteiger partial charge in [0.15, 0.2) is 0 Å². The molecular formula is C12H13ClO4. The van der Waals surface area contributed by atoms with Crippen molar-refractivity contribution in [3.05, 3.63) is 34.9 Å². The fourth-order valence-corrected chi connectivity index (χ4v) is 1.63. The van der Waals surface area contributed by atoms with Crippen molar-refractivity contribution in [3.8, 4) is 0 Å². The zero-order chi connectivity index (χ0) is 12.8. The highest BCUT2D eigenvalue weighted by Crippen LogP contribution is 2.27. The topological polar surface area (TPSA) is 52.6 Å². The van der Waals surface area contributed by atoms with Gasteiger partial charge in [-0.2, -0.15) is 0 Å². The maximum Gasteiger partial charge on any atom is 0.312 e. The highest BCUT2D eigenvalue weighted by atomic mass is 35.5. The van der Waals surface area contributed by atoms with Gasteiger partial charge in [0.2, 0.25) is 0 Å². The first-order chi connectivity index (χ1) is 8.10. The van der Waals surface area contributed by atoms with Gasteiger partial charge in [-0.1, -0.05) is 23.7 Å². The lowest BCUT2D eigenvalue weighted by Crippen LogP contribution is -2.22. The molecule has 0 N–H and O–H groups in total. The van der Waals surface area contributed by atoms with Crippen molar-refractivity contribution < 1.29 is 19.1 Å². The summed E-state index contributed by atoms with van der Waals surface area (Å²) in [6.45, 7) is 1.95. The Kier molecular flexibility index (Phi) is 4.97. The van der Waals surface area contributed by atoms with Gasteiger partial charge in [-0.25, -0.2) is 0 Å². The van der Waals surface area contributed by atoms with Crippen molar-refractivity contribution in [3.63, 3.8) is 0 Å². The number of benzene rings is 1. The molecule has 0 spiro atoms. The number of ether oxygens (including phenoxy) is 2. The molecule has 0 bridgehead atoms. The average Bonchev–Trinajstić information content (AvgIpc) is 2.35. The molecule has 1 rings (SSSR count). The van der Waals surface area contributed by atoms with Crippen LogP contribution in [0.3, 0.4) is 0 Å². The fraction of sp³-hybridized carbons (Fsp3) is 0.333. The Morgan fingerprint density at radius 3 is 2.41 bits per heavy atom. The lowest BCUT2D eigenvalue weighted by molar-refractivity contribution is -0.153. The first-order valence-corrected chi connectivity index (χ1v) is 5.40. The summed E-state index contributed by atoms with van der Waals surface area (Å²) < 4.78 is 9.55. The third kappa shape index (κ3) is 3.46. The van der Waals surface area contributed by atoms with E-state index in [1.807, 2.05) is 0 Å². The Hall–Kier alpha value is -1.55. The molecule has 17 heavy (non-hydrogen) atoms. The number of methoxy groups -OCH3 is 1. The van der Waals surface area contributed by atoms with Crippen molar-refractivity contribution in [1.82, 2.24) is 0 Å². The molecule has 0 aromatic heterocycles. The van der Waals surface area contributed by atoms with Crippen LogP contribution in [0.5, 0.6) is 0 Å². The van der Waals surface area contributed by atoms with Crippen LogP contribution in [0.4, 0.5) is 0 Å². The third-order valence-corrected chi connectivity index (χ3v) is 2.68. The number of carbonyl (C=O) groups excluding carboxylic acids is 2. The van der Waals surface area contributed by atoms with E-state index in [-0.39, 0.29) is 0 Å². The molecule has 0 amide bonds. The highest BCUT2D eigenvalue weighted by molar-refractivity contribution is 6.30. The summed E-state index contributed by atoms with van der Waals surface area (Å²) in [5.74, 6) is -1.02. The monoisotopic (exact) mass is 256 g/mol. The summed E-state index contributed by atoms with van der Waals surface area (Å²) in [4.78, 5) is 21.9. The maximum absolute atomic E-state index is 11.4. The van der Waals surface area contributed by atoms with Crippen molar-refractivity contribution >= 4 is 24.0 Å². The average molecular weight is 257 g/mol. The molecule has 5 heteroatoms. The van der Waals surface area contributed by atoms with Crippen LogP contribution in [0.25, 0.3) is 0 Å². The Labute approximate surface area is 104 Å². The van der Waals surface area contributed by atoms with Crippen LogP contribution < -0.4 is 0 Å². The molecule has 4 nitrogen and oxygen atoms in total. The summed E-state index contributed by atoms with van der Waals surface area (Å²) in [6.07, 6.45) is -0.669. The molecule has 0 aliphatic carbocycles. The highest BCUT2D eigenvalue weighted by Gasteiger charge is 2.27. The molecule has 0 fully saturated rings. The van der Waals surface area contributed by atoms with E-state index in [1.165, 1.54) is 7.11 Å². The first-order valence-electron chi connectivity index (χ1n) is 5.02. The van der Waals surface area contributed by atoms with E-state index in [0.29, 0.717) is 17.1 Å². The maximum atomic E-state index is 11.4. The van der Waals surface area contributed by atoms with Gasteiger partial charge in [0.05, 0.1) is 13.0 Å². The van der Waals surface area contributed by atoms with Crippen LogP contribution in [0.2, 0.25) is 5.02 Å². The van der Waals surface area contributed by atoms with E-state index in [0.717, 1.165) is 0 Å². The van der Waals surface area contributed by atoms with Crippen molar-refractivity contribution in [1.29, 1.82) is 0 Å². The summed E-state index contributed by atoms with van der Waals surface area (Å²) in [7, 11) is 1.29. The molecule has 0 saturated heterocycles. The van der Waals surface area contributed by atoms with Gasteiger partial charge in [0.25, 0.3) is 6.47 Å². The van der Waals surface area contributed by atoms with E-state index < -0.39 is 18.0 Å². The minimum Gasteiger partial charge on any atom is -0.469 e. The molecule has 2 unspecified atom stereocenters. The predicted octanol–water partition coefficient (Wildman–Crippen LogP) is 2.36. The molecule has 2 atom stereocenters. The minimum atomic E-state index is -0.669. The van der Waals surface area contributed by atoms with Crippen LogP contribution in [0.1, 0.15) is 18.6 Å². The second-order valence-electron chi connectivity index (χ2n) is 3.52. The lowest BCUT2D eigenvalue weighted by atomic mass is 9.97. The fourth-order valence-electron chi connectivity index (χ4n) is 1.51. The molecule has 0 radical (unpaired) electrons.